The van der Waals surface area contributed by atoms with Crippen LogP contribution in [-0.4, -0.2) is 29.9 Å². The first kappa shape index (κ1) is 6.93. The Hall–Kier alpha value is 0.250. The Balaban J connectivity index is 2.01. The Morgan fingerprint density at radius 1 is 1.30 bits per heavy atom. The third kappa shape index (κ3) is 0.960. The summed E-state index contributed by atoms with van der Waals surface area (Å²) in [5.41, 5.74) is 0. The summed E-state index contributed by atoms with van der Waals surface area (Å²) in [5, 5.41) is 0. The molecule has 0 spiro atoms. The summed E-state index contributed by atoms with van der Waals surface area (Å²) in [6, 6.07) is 0.859. The number of fused-ring (bicyclic) bond motifs is 1. The lowest BCUT2D eigenvalue weighted by molar-refractivity contribution is 0.300. The molecule has 0 unspecified atom stereocenters. The standard InChI is InChI=1S/C8H14ClN/c9-6-7-3-5-10-4-1-2-8(7)10/h7-8H,1-6H2/t7-,8+/m0/s1. The van der Waals surface area contributed by atoms with Crippen molar-refractivity contribution >= 4 is 11.6 Å². The summed E-state index contributed by atoms with van der Waals surface area (Å²) in [7, 11) is 0. The normalized spacial score (nSPS) is 40.5. The summed E-state index contributed by atoms with van der Waals surface area (Å²) in [6.45, 7) is 2.64. The zero-order valence-corrected chi connectivity index (χ0v) is 6.98. The summed E-state index contributed by atoms with van der Waals surface area (Å²) >= 11 is 5.85. The van der Waals surface area contributed by atoms with Crippen LogP contribution in [0, 0.1) is 5.92 Å². The van der Waals surface area contributed by atoms with Crippen molar-refractivity contribution in [2.24, 2.45) is 5.92 Å². The number of nitrogens with zero attached hydrogens (tertiary/aromatic N) is 1. The van der Waals surface area contributed by atoms with Gasteiger partial charge in [0, 0.05) is 11.9 Å². The van der Waals surface area contributed by atoms with Crippen molar-refractivity contribution in [3.63, 3.8) is 0 Å². The fourth-order valence-electron chi connectivity index (χ4n) is 2.37. The second-order valence-corrected chi connectivity index (χ2v) is 3.76. The lowest BCUT2D eigenvalue weighted by Gasteiger charge is -2.17. The Labute approximate surface area is 67.3 Å². The van der Waals surface area contributed by atoms with Gasteiger partial charge in [-0.15, -0.1) is 11.6 Å². The van der Waals surface area contributed by atoms with Gasteiger partial charge in [0.05, 0.1) is 0 Å². The molecule has 2 heteroatoms. The largest absolute Gasteiger partial charge is 0.300 e. The first-order valence-corrected chi connectivity index (χ1v) is 4.75. The van der Waals surface area contributed by atoms with Gasteiger partial charge >= 0.3 is 0 Å². The first-order valence-electron chi connectivity index (χ1n) is 4.22. The molecule has 0 aromatic rings. The Bertz CT molecular complexity index is 126. The topological polar surface area (TPSA) is 3.24 Å². The lowest BCUT2D eigenvalue weighted by atomic mass is 10.0. The maximum Gasteiger partial charge on any atom is 0.0267 e. The van der Waals surface area contributed by atoms with E-state index in [1.165, 1.54) is 32.4 Å². The second-order valence-electron chi connectivity index (χ2n) is 3.45. The van der Waals surface area contributed by atoms with Crippen molar-refractivity contribution in [1.82, 2.24) is 4.90 Å². The van der Waals surface area contributed by atoms with Crippen LogP contribution in [0.4, 0.5) is 0 Å². The number of hydrogen-bond acceptors (Lipinski definition) is 1. The van der Waals surface area contributed by atoms with Crippen LogP contribution in [0.2, 0.25) is 0 Å². The van der Waals surface area contributed by atoms with Crippen LogP contribution in [0.5, 0.6) is 0 Å². The van der Waals surface area contributed by atoms with Gasteiger partial charge in [0.2, 0.25) is 0 Å². The summed E-state index contributed by atoms with van der Waals surface area (Å²) in [4.78, 5) is 2.60. The number of halogens is 1. The van der Waals surface area contributed by atoms with Gasteiger partial charge in [-0.1, -0.05) is 0 Å². The number of hydrogen-bond donors (Lipinski definition) is 0. The molecular weight excluding hydrogens is 146 g/mol. The highest BCUT2D eigenvalue weighted by Crippen LogP contribution is 2.32. The summed E-state index contributed by atoms with van der Waals surface area (Å²) in [6.07, 6.45) is 4.14. The molecule has 2 fully saturated rings. The van der Waals surface area contributed by atoms with Gasteiger partial charge in [-0.25, -0.2) is 0 Å². The maximum atomic E-state index is 5.85. The minimum Gasteiger partial charge on any atom is -0.300 e. The Kier molecular flexibility index (Phi) is 1.88. The van der Waals surface area contributed by atoms with E-state index in [-0.39, 0.29) is 0 Å². The number of alkyl halides is 1. The molecule has 0 saturated carbocycles. The molecule has 2 atom stereocenters. The van der Waals surface area contributed by atoms with Crippen LogP contribution in [0.3, 0.4) is 0 Å². The van der Waals surface area contributed by atoms with E-state index in [9.17, 15) is 0 Å². The third-order valence-corrected chi connectivity index (χ3v) is 3.34. The summed E-state index contributed by atoms with van der Waals surface area (Å²) < 4.78 is 0. The van der Waals surface area contributed by atoms with Crippen LogP contribution in [-0.2, 0) is 0 Å². The van der Waals surface area contributed by atoms with Crippen LogP contribution >= 0.6 is 11.6 Å². The quantitative estimate of drug-likeness (QED) is 0.527. The zero-order chi connectivity index (χ0) is 6.97. The molecule has 0 amide bonds. The van der Waals surface area contributed by atoms with E-state index < -0.39 is 0 Å². The molecule has 2 saturated heterocycles. The van der Waals surface area contributed by atoms with Crippen LogP contribution in [0.1, 0.15) is 19.3 Å². The summed E-state index contributed by atoms with van der Waals surface area (Å²) in [5.74, 6) is 1.69. The van der Waals surface area contributed by atoms with E-state index in [4.69, 9.17) is 11.6 Å². The van der Waals surface area contributed by atoms with Gasteiger partial charge < -0.3 is 4.90 Å². The molecular formula is C8H14ClN. The highest BCUT2D eigenvalue weighted by molar-refractivity contribution is 6.18. The molecule has 58 valence electrons. The molecule has 10 heavy (non-hydrogen) atoms. The van der Waals surface area contributed by atoms with Crippen molar-refractivity contribution in [2.75, 3.05) is 19.0 Å². The molecule has 2 heterocycles. The van der Waals surface area contributed by atoms with Crippen molar-refractivity contribution < 1.29 is 0 Å². The highest BCUT2D eigenvalue weighted by atomic mass is 35.5. The predicted octanol–water partition coefficient (Wildman–Crippen LogP) is 1.71. The van der Waals surface area contributed by atoms with Gasteiger partial charge in [-0.05, 0) is 38.3 Å². The lowest BCUT2D eigenvalue weighted by Crippen LogP contribution is -2.26. The fourth-order valence-corrected chi connectivity index (χ4v) is 2.73. The van der Waals surface area contributed by atoms with E-state index in [0.717, 1.165) is 17.8 Å². The average molecular weight is 160 g/mol. The van der Waals surface area contributed by atoms with Gasteiger partial charge in [0.15, 0.2) is 0 Å². The van der Waals surface area contributed by atoms with Gasteiger partial charge in [0.25, 0.3) is 0 Å². The molecule has 2 rings (SSSR count). The molecule has 1 nitrogen and oxygen atoms in total. The Morgan fingerprint density at radius 3 is 3.00 bits per heavy atom. The molecule has 0 bridgehead atoms. The van der Waals surface area contributed by atoms with Crippen molar-refractivity contribution in [1.29, 1.82) is 0 Å². The molecule has 0 aromatic heterocycles. The van der Waals surface area contributed by atoms with E-state index in [2.05, 4.69) is 4.90 Å². The first-order chi connectivity index (χ1) is 4.92. The minimum atomic E-state index is 0.809. The molecule has 0 aromatic carbocycles. The monoisotopic (exact) mass is 159 g/mol. The highest BCUT2D eigenvalue weighted by Gasteiger charge is 2.36. The number of rotatable bonds is 1. The van der Waals surface area contributed by atoms with Crippen molar-refractivity contribution in [3.8, 4) is 0 Å². The van der Waals surface area contributed by atoms with E-state index in [1.807, 2.05) is 0 Å². The van der Waals surface area contributed by atoms with Crippen LogP contribution < -0.4 is 0 Å². The smallest absolute Gasteiger partial charge is 0.0267 e. The fraction of sp³-hybridized carbons (Fsp3) is 1.00. The van der Waals surface area contributed by atoms with Gasteiger partial charge in [0.1, 0.15) is 0 Å². The average Bonchev–Trinajstić information content (AvgIpc) is 2.44. The molecule has 2 aliphatic heterocycles. The van der Waals surface area contributed by atoms with Crippen molar-refractivity contribution in [2.45, 2.75) is 25.3 Å². The molecule has 0 aliphatic carbocycles. The van der Waals surface area contributed by atoms with E-state index >= 15 is 0 Å². The zero-order valence-electron chi connectivity index (χ0n) is 6.22. The van der Waals surface area contributed by atoms with Gasteiger partial charge in [-0.2, -0.15) is 0 Å². The van der Waals surface area contributed by atoms with Crippen LogP contribution in [0.15, 0.2) is 0 Å². The van der Waals surface area contributed by atoms with Crippen LogP contribution in [0.25, 0.3) is 0 Å². The third-order valence-electron chi connectivity index (χ3n) is 2.94. The van der Waals surface area contributed by atoms with E-state index in [1.54, 1.807) is 0 Å². The van der Waals surface area contributed by atoms with E-state index in [0.29, 0.717) is 0 Å². The van der Waals surface area contributed by atoms with Crippen molar-refractivity contribution in [3.05, 3.63) is 0 Å². The molecule has 2 aliphatic rings. The Morgan fingerprint density at radius 2 is 2.20 bits per heavy atom. The minimum absolute atomic E-state index is 0.809. The molecule has 0 radical (unpaired) electrons. The van der Waals surface area contributed by atoms with Gasteiger partial charge in [-0.3, -0.25) is 0 Å². The predicted molar refractivity (Wildman–Crippen MR) is 43.4 cm³/mol. The second kappa shape index (κ2) is 2.71. The SMILES string of the molecule is ClC[C@@H]1CCN2CCC[C@H]12. The molecule has 0 N–H and O–H groups in total. The maximum absolute atomic E-state index is 5.85.